The van der Waals surface area contributed by atoms with E-state index in [-0.39, 0.29) is 5.91 Å². The highest BCUT2D eigenvalue weighted by Crippen LogP contribution is 2.27. The molecule has 3 rings (SSSR count). The number of carbonyl (C=O) groups is 1. The Kier molecular flexibility index (Phi) is 6.29. The van der Waals surface area contributed by atoms with E-state index >= 15 is 0 Å². The summed E-state index contributed by atoms with van der Waals surface area (Å²) in [6, 6.07) is 16.8. The van der Waals surface area contributed by atoms with Crippen molar-refractivity contribution in [3.63, 3.8) is 0 Å². The molecule has 7 nitrogen and oxygen atoms in total. The number of benzene rings is 2. The molecule has 150 valence electrons. The van der Waals surface area contributed by atoms with E-state index < -0.39 is 0 Å². The number of aromatic nitrogens is 2. The highest BCUT2D eigenvalue weighted by atomic mass is 16.5. The topological polar surface area (TPSA) is 76.6 Å². The Morgan fingerprint density at radius 3 is 2.41 bits per heavy atom. The molecule has 1 N–H and O–H groups in total. The van der Waals surface area contributed by atoms with Crippen LogP contribution in [0, 0.1) is 6.92 Å². The first-order valence-electron chi connectivity index (χ1n) is 9.15. The number of carbonyl (C=O) groups excluding carboxylic acids is 1. The van der Waals surface area contributed by atoms with Crippen molar-refractivity contribution in [1.29, 1.82) is 0 Å². The number of hydrogen-bond acceptors (Lipinski definition) is 6. The molecule has 29 heavy (non-hydrogen) atoms. The third kappa shape index (κ3) is 4.82. The van der Waals surface area contributed by atoms with Gasteiger partial charge in [-0.2, -0.15) is 0 Å². The van der Waals surface area contributed by atoms with Gasteiger partial charge in [-0.1, -0.05) is 24.3 Å². The van der Waals surface area contributed by atoms with Gasteiger partial charge in [-0.15, -0.1) is 0 Å². The first-order valence-corrected chi connectivity index (χ1v) is 9.15. The van der Waals surface area contributed by atoms with Crippen LogP contribution in [0.2, 0.25) is 0 Å². The van der Waals surface area contributed by atoms with Gasteiger partial charge >= 0.3 is 0 Å². The number of hydrogen-bond donors (Lipinski definition) is 1. The second kappa shape index (κ2) is 9.05. The normalized spacial score (nSPS) is 10.3. The standard InChI is InChI=1S/C22H24N4O3/c1-15-24-18(22(27)26(2)17-8-6-5-7-9-17)13-21(25-15)23-14-16-10-11-19(28-3)20(12-16)29-4/h5-13H,14H2,1-4H3,(H,23,24,25). The number of anilines is 2. The molecular formula is C22H24N4O3. The summed E-state index contributed by atoms with van der Waals surface area (Å²) in [6.45, 7) is 2.28. The van der Waals surface area contributed by atoms with Gasteiger partial charge in [-0.3, -0.25) is 4.79 Å². The molecule has 0 unspecified atom stereocenters. The Hall–Kier alpha value is -3.61. The third-order valence-corrected chi connectivity index (χ3v) is 4.43. The van der Waals surface area contributed by atoms with E-state index in [1.807, 2.05) is 48.5 Å². The van der Waals surface area contributed by atoms with Gasteiger partial charge in [0.25, 0.3) is 5.91 Å². The second-order valence-corrected chi connectivity index (χ2v) is 6.43. The molecule has 1 aromatic heterocycles. The molecule has 3 aromatic rings. The molecule has 0 atom stereocenters. The Labute approximate surface area is 170 Å². The van der Waals surface area contributed by atoms with E-state index in [0.29, 0.717) is 35.4 Å². The zero-order valence-electron chi connectivity index (χ0n) is 17.0. The van der Waals surface area contributed by atoms with Crippen molar-refractivity contribution >= 4 is 17.4 Å². The molecule has 0 fully saturated rings. The molecule has 0 saturated heterocycles. The molecule has 0 spiro atoms. The van der Waals surface area contributed by atoms with E-state index in [0.717, 1.165) is 11.3 Å². The molecule has 2 aromatic carbocycles. The van der Waals surface area contributed by atoms with Gasteiger partial charge in [0.1, 0.15) is 17.3 Å². The fourth-order valence-corrected chi connectivity index (χ4v) is 2.89. The SMILES string of the molecule is COc1ccc(CNc2cc(C(=O)N(C)c3ccccc3)nc(C)n2)cc1OC. The third-order valence-electron chi connectivity index (χ3n) is 4.43. The number of para-hydroxylation sites is 1. The van der Waals surface area contributed by atoms with Gasteiger partial charge < -0.3 is 19.7 Å². The van der Waals surface area contributed by atoms with Crippen molar-refractivity contribution in [1.82, 2.24) is 9.97 Å². The van der Waals surface area contributed by atoms with Crippen LogP contribution in [-0.4, -0.2) is 37.1 Å². The maximum atomic E-state index is 12.9. The Morgan fingerprint density at radius 2 is 1.72 bits per heavy atom. The van der Waals surface area contributed by atoms with Crippen LogP contribution in [0.1, 0.15) is 21.9 Å². The van der Waals surface area contributed by atoms with Gasteiger partial charge in [-0.25, -0.2) is 9.97 Å². The molecule has 0 saturated carbocycles. The minimum absolute atomic E-state index is 0.198. The van der Waals surface area contributed by atoms with E-state index in [4.69, 9.17) is 9.47 Å². The monoisotopic (exact) mass is 392 g/mol. The second-order valence-electron chi connectivity index (χ2n) is 6.43. The van der Waals surface area contributed by atoms with Crippen molar-refractivity contribution in [2.45, 2.75) is 13.5 Å². The number of aryl methyl sites for hydroxylation is 1. The predicted molar refractivity (Wildman–Crippen MR) is 113 cm³/mol. The van der Waals surface area contributed by atoms with E-state index in [9.17, 15) is 4.79 Å². The maximum Gasteiger partial charge on any atom is 0.276 e. The Morgan fingerprint density at radius 1 is 1.00 bits per heavy atom. The molecule has 0 aliphatic heterocycles. The lowest BCUT2D eigenvalue weighted by Gasteiger charge is -2.17. The molecule has 0 bridgehead atoms. The number of nitrogens with zero attached hydrogens (tertiary/aromatic N) is 3. The van der Waals surface area contributed by atoms with Crippen LogP contribution in [0.15, 0.2) is 54.6 Å². The summed E-state index contributed by atoms with van der Waals surface area (Å²) in [5.74, 6) is 2.23. The van der Waals surface area contributed by atoms with Crippen molar-refractivity contribution in [2.75, 3.05) is 31.5 Å². The smallest absolute Gasteiger partial charge is 0.276 e. The van der Waals surface area contributed by atoms with E-state index in [1.54, 1.807) is 39.2 Å². The van der Waals surface area contributed by atoms with Gasteiger partial charge in [0.2, 0.25) is 0 Å². The lowest BCUT2D eigenvalue weighted by molar-refractivity contribution is 0.0988. The van der Waals surface area contributed by atoms with Crippen LogP contribution in [0.3, 0.4) is 0 Å². The van der Waals surface area contributed by atoms with Crippen LogP contribution in [0.4, 0.5) is 11.5 Å². The van der Waals surface area contributed by atoms with Gasteiger partial charge in [0.05, 0.1) is 14.2 Å². The van der Waals surface area contributed by atoms with Gasteiger partial charge in [0, 0.05) is 25.3 Å². The van der Waals surface area contributed by atoms with Gasteiger partial charge in [0.15, 0.2) is 11.5 Å². The zero-order chi connectivity index (χ0) is 20.8. The molecule has 1 heterocycles. The van der Waals surface area contributed by atoms with Crippen LogP contribution in [-0.2, 0) is 6.54 Å². The van der Waals surface area contributed by atoms with E-state index in [2.05, 4.69) is 15.3 Å². The number of ether oxygens (including phenoxy) is 2. The minimum atomic E-state index is -0.198. The number of nitrogens with one attached hydrogen (secondary N) is 1. The van der Waals surface area contributed by atoms with Crippen molar-refractivity contribution < 1.29 is 14.3 Å². The number of amides is 1. The summed E-state index contributed by atoms with van der Waals surface area (Å²) in [5, 5.41) is 3.25. The fourth-order valence-electron chi connectivity index (χ4n) is 2.89. The summed E-state index contributed by atoms with van der Waals surface area (Å²) >= 11 is 0. The number of rotatable bonds is 7. The summed E-state index contributed by atoms with van der Waals surface area (Å²) in [5.41, 5.74) is 2.13. The van der Waals surface area contributed by atoms with Gasteiger partial charge in [-0.05, 0) is 36.8 Å². The lowest BCUT2D eigenvalue weighted by atomic mass is 10.2. The fraction of sp³-hybridized carbons (Fsp3) is 0.227. The first-order chi connectivity index (χ1) is 14.0. The van der Waals surface area contributed by atoms with Crippen LogP contribution in [0.5, 0.6) is 11.5 Å². The maximum absolute atomic E-state index is 12.9. The van der Waals surface area contributed by atoms with Crippen molar-refractivity contribution in [3.05, 3.63) is 71.7 Å². The average Bonchev–Trinajstić information content (AvgIpc) is 2.76. The molecule has 0 aliphatic rings. The summed E-state index contributed by atoms with van der Waals surface area (Å²) in [6.07, 6.45) is 0. The molecule has 0 radical (unpaired) electrons. The molecule has 7 heteroatoms. The zero-order valence-corrected chi connectivity index (χ0v) is 17.0. The Bertz CT molecular complexity index is 993. The highest BCUT2D eigenvalue weighted by molar-refractivity contribution is 6.04. The van der Waals surface area contributed by atoms with Crippen LogP contribution in [0.25, 0.3) is 0 Å². The van der Waals surface area contributed by atoms with Crippen molar-refractivity contribution in [2.24, 2.45) is 0 Å². The number of methoxy groups -OCH3 is 2. The summed E-state index contributed by atoms with van der Waals surface area (Å²) in [7, 11) is 4.93. The first kappa shape index (κ1) is 20.1. The summed E-state index contributed by atoms with van der Waals surface area (Å²) in [4.78, 5) is 23.1. The van der Waals surface area contributed by atoms with Crippen LogP contribution >= 0.6 is 0 Å². The molecule has 0 aliphatic carbocycles. The quantitative estimate of drug-likeness (QED) is 0.661. The largest absolute Gasteiger partial charge is 0.493 e. The minimum Gasteiger partial charge on any atom is -0.493 e. The molecular weight excluding hydrogens is 368 g/mol. The van der Waals surface area contributed by atoms with E-state index in [1.165, 1.54) is 0 Å². The average molecular weight is 392 g/mol. The summed E-state index contributed by atoms with van der Waals surface area (Å²) < 4.78 is 10.6. The van der Waals surface area contributed by atoms with Crippen LogP contribution < -0.4 is 19.7 Å². The lowest BCUT2D eigenvalue weighted by Crippen LogP contribution is -2.27. The predicted octanol–water partition coefficient (Wildman–Crippen LogP) is 3.69. The Balaban J connectivity index is 1.76. The highest BCUT2D eigenvalue weighted by Gasteiger charge is 2.16. The molecule has 1 amide bonds. The van der Waals surface area contributed by atoms with Crippen molar-refractivity contribution in [3.8, 4) is 11.5 Å².